The first-order chi connectivity index (χ1) is 3.89. The Kier molecular flexibility index (Phi) is 1.64. The molecule has 0 spiro atoms. The number of nitrogens with one attached hydrogen (secondary N) is 2. The van der Waals surface area contributed by atoms with Gasteiger partial charge in [0.1, 0.15) is 4.99 Å². The Balaban J connectivity index is 2.58. The Morgan fingerprint density at radius 1 is 1.38 bits per heavy atom. The molecular weight excluding hydrogens is 120 g/mol. The van der Waals surface area contributed by atoms with Gasteiger partial charge >= 0.3 is 0 Å². The van der Waals surface area contributed by atoms with Crippen LogP contribution in [-0.2, 0) is 0 Å². The molecule has 1 aliphatic rings. The van der Waals surface area contributed by atoms with Crippen LogP contribution in [0.4, 0.5) is 0 Å². The summed E-state index contributed by atoms with van der Waals surface area (Å²) in [5.41, 5.74) is 5.52. The number of allylic oxidation sites excluding steroid dienone is 2. The second-order valence-electron chi connectivity index (χ2n) is 1.35. The third kappa shape index (κ3) is 1.35. The van der Waals surface area contributed by atoms with Gasteiger partial charge in [-0.15, -0.1) is 0 Å². The summed E-state index contributed by atoms with van der Waals surface area (Å²) in [6.07, 6.45) is 7.32. The van der Waals surface area contributed by atoms with Crippen LogP contribution in [-0.4, -0.2) is 4.99 Å². The first-order valence-electron chi connectivity index (χ1n) is 2.28. The average molecular weight is 126 g/mol. The van der Waals surface area contributed by atoms with Gasteiger partial charge in [-0.1, -0.05) is 18.3 Å². The van der Waals surface area contributed by atoms with E-state index in [9.17, 15) is 0 Å². The summed E-state index contributed by atoms with van der Waals surface area (Å²) in [6.45, 7) is 0. The van der Waals surface area contributed by atoms with Gasteiger partial charge < -0.3 is 5.43 Å². The highest BCUT2D eigenvalue weighted by Gasteiger charge is 1.85. The summed E-state index contributed by atoms with van der Waals surface area (Å²) in [4.78, 5) is 0.704. The lowest BCUT2D eigenvalue weighted by Crippen LogP contribution is -2.29. The van der Waals surface area contributed by atoms with Crippen molar-refractivity contribution in [1.82, 2.24) is 10.9 Å². The molecule has 0 aromatic carbocycles. The Hall–Kier alpha value is -0.830. The summed E-state index contributed by atoms with van der Waals surface area (Å²) >= 11 is 4.79. The van der Waals surface area contributed by atoms with E-state index in [4.69, 9.17) is 12.2 Å². The van der Waals surface area contributed by atoms with Crippen LogP contribution < -0.4 is 10.9 Å². The van der Waals surface area contributed by atoms with Crippen LogP contribution in [0.1, 0.15) is 0 Å². The molecule has 1 heterocycles. The molecular formula is C5H6N2S. The first-order valence-corrected chi connectivity index (χ1v) is 2.69. The van der Waals surface area contributed by atoms with Crippen molar-refractivity contribution in [2.24, 2.45) is 0 Å². The molecule has 2 N–H and O–H groups in total. The van der Waals surface area contributed by atoms with Crippen LogP contribution in [0.2, 0.25) is 0 Å². The monoisotopic (exact) mass is 126 g/mol. The quantitative estimate of drug-likeness (QED) is 0.462. The lowest BCUT2D eigenvalue weighted by atomic mass is 10.5. The predicted octanol–water partition coefficient (Wildman–Crippen LogP) is 0.492. The average Bonchev–Trinajstić information content (AvgIpc) is 1.94. The van der Waals surface area contributed by atoms with Gasteiger partial charge in [0.2, 0.25) is 0 Å². The van der Waals surface area contributed by atoms with E-state index in [0.29, 0.717) is 4.99 Å². The maximum atomic E-state index is 4.79. The Labute approximate surface area is 53.2 Å². The highest BCUT2D eigenvalue weighted by molar-refractivity contribution is 7.80. The standard InChI is InChI=1S/C5H6N2S/c8-5-3-1-2-4-6-7-5/h1-4,6H,(H,7,8). The van der Waals surface area contributed by atoms with Crippen molar-refractivity contribution in [2.75, 3.05) is 0 Å². The van der Waals surface area contributed by atoms with E-state index in [1.807, 2.05) is 18.2 Å². The second-order valence-corrected chi connectivity index (χ2v) is 1.79. The number of hydrogen-bond acceptors (Lipinski definition) is 2. The lowest BCUT2D eigenvalue weighted by Gasteiger charge is -1.97. The zero-order valence-corrected chi connectivity index (χ0v) is 5.03. The minimum Gasteiger partial charge on any atom is -0.307 e. The molecule has 0 atom stereocenters. The van der Waals surface area contributed by atoms with Gasteiger partial charge in [0.05, 0.1) is 0 Å². The van der Waals surface area contributed by atoms with Crippen molar-refractivity contribution in [3.63, 3.8) is 0 Å². The van der Waals surface area contributed by atoms with Crippen LogP contribution in [0.3, 0.4) is 0 Å². The van der Waals surface area contributed by atoms with Gasteiger partial charge in [0, 0.05) is 6.20 Å². The Bertz CT molecular complexity index is 149. The van der Waals surface area contributed by atoms with Crippen LogP contribution in [0.5, 0.6) is 0 Å². The van der Waals surface area contributed by atoms with E-state index < -0.39 is 0 Å². The van der Waals surface area contributed by atoms with Crippen molar-refractivity contribution >= 4 is 17.2 Å². The summed E-state index contributed by atoms with van der Waals surface area (Å²) < 4.78 is 0. The number of thiocarbonyl (C=S) groups is 1. The predicted molar refractivity (Wildman–Crippen MR) is 37.1 cm³/mol. The smallest absolute Gasteiger partial charge is 0.117 e. The van der Waals surface area contributed by atoms with E-state index in [0.717, 1.165) is 0 Å². The van der Waals surface area contributed by atoms with E-state index in [-0.39, 0.29) is 0 Å². The van der Waals surface area contributed by atoms with E-state index >= 15 is 0 Å². The molecule has 0 saturated carbocycles. The van der Waals surface area contributed by atoms with Crippen LogP contribution >= 0.6 is 12.2 Å². The topological polar surface area (TPSA) is 24.1 Å². The van der Waals surface area contributed by atoms with Crippen LogP contribution in [0.25, 0.3) is 0 Å². The van der Waals surface area contributed by atoms with Crippen molar-refractivity contribution in [1.29, 1.82) is 0 Å². The van der Waals surface area contributed by atoms with Gasteiger partial charge in [-0.2, -0.15) is 0 Å². The minimum absolute atomic E-state index is 0.704. The van der Waals surface area contributed by atoms with E-state index in [1.165, 1.54) is 0 Å². The summed E-state index contributed by atoms with van der Waals surface area (Å²) in [7, 11) is 0. The maximum absolute atomic E-state index is 4.79. The molecule has 1 aliphatic heterocycles. The third-order valence-corrected chi connectivity index (χ3v) is 0.972. The molecule has 0 radical (unpaired) electrons. The Morgan fingerprint density at radius 2 is 2.25 bits per heavy atom. The van der Waals surface area contributed by atoms with Gasteiger partial charge in [0.15, 0.2) is 0 Å². The molecule has 0 aromatic rings. The summed E-state index contributed by atoms with van der Waals surface area (Å²) in [5.74, 6) is 0. The molecule has 0 saturated heterocycles. The molecule has 0 unspecified atom stereocenters. The van der Waals surface area contributed by atoms with Gasteiger partial charge in [0.25, 0.3) is 0 Å². The van der Waals surface area contributed by atoms with Crippen molar-refractivity contribution in [3.05, 3.63) is 24.4 Å². The van der Waals surface area contributed by atoms with Gasteiger partial charge in [-0.05, 0) is 12.2 Å². The molecule has 0 aliphatic carbocycles. The molecule has 0 aromatic heterocycles. The molecule has 0 bridgehead atoms. The fraction of sp³-hybridized carbons (Fsp3) is 0. The molecule has 42 valence electrons. The largest absolute Gasteiger partial charge is 0.307 e. The molecule has 0 amide bonds. The molecule has 8 heavy (non-hydrogen) atoms. The van der Waals surface area contributed by atoms with E-state index in [1.54, 1.807) is 6.20 Å². The first kappa shape index (κ1) is 5.31. The van der Waals surface area contributed by atoms with Crippen molar-refractivity contribution in [2.45, 2.75) is 0 Å². The number of rotatable bonds is 0. The zero-order chi connectivity index (χ0) is 5.82. The van der Waals surface area contributed by atoms with Gasteiger partial charge in [-0.3, -0.25) is 5.43 Å². The van der Waals surface area contributed by atoms with Crippen LogP contribution in [0.15, 0.2) is 24.4 Å². The van der Waals surface area contributed by atoms with Crippen LogP contribution in [0, 0.1) is 0 Å². The molecule has 1 rings (SSSR count). The maximum Gasteiger partial charge on any atom is 0.117 e. The highest BCUT2D eigenvalue weighted by atomic mass is 32.1. The minimum atomic E-state index is 0.704. The summed E-state index contributed by atoms with van der Waals surface area (Å²) in [5, 5.41) is 0. The van der Waals surface area contributed by atoms with E-state index in [2.05, 4.69) is 10.9 Å². The molecule has 0 fully saturated rings. The number of hydrazine groups is 1. The molecule has 3 heteroatoms. The SMILES string of the molecule is S=C1C=CC=CNN1. The number of hydrogen-bond donors (Lipinski definition) is 2. The Morgan fingerprint density at radius 3 is 3.12 bits per heavy atom. The fourth-order valence-corrected chi connectivity index (χ4v) is 0.539. The fourth-order valence-electron chi connectivity index (χ4n) is 0.401. The van der Waals surface area contributed by atoms with Gasteiger partial charge in [-0.25, -0.2) is 0 Å². The third-order valence-electron chi connectivity index (χ3n) is 0.734. The summed E-state index contributed by atoms with van der Waals surface area (Å²) in [6, 6.07) is 0. The van der Waals surface area contributed by atoms with Crippen molar-refractivity contribution < 1.29 is 0 Å². The van der Waals surface area contributed by atoms with Crippen molar-refractivity contribution in [3.8, 4) is 0 Å². The lowest BCUT2D eigenvalue weighted by molar-refractivity contribution is 0.836. The second kappa shape index (κ2) is 2.47. The zero-order valence-electron chi connectivity index (χ0n) is 4.22. The highest BCUT2D eigenvalue weighted by Crippen LogP contribution is 1.81. The molecule has 2 nitrogen and oxygen atoms in total. The normalized spacial score (nSPS) is 16.8.